The third kappa shape index (κ3) is 3.11. The molecule has 1 aromatic carbocycles. The molecular formula is C14H16BrNS. The molecule has 0 radical (unpaired) electrons. The van der Waals surface area contributed by atoms with Crippen LogP contribution in [-0.2, 0) is 0 Å². The average Bonchev–Trinajstić information content (AvgIpc) is 2.84. The van der Waals surface area contributed by atoms with Crippen LogP contribution in [0.4, 0.5) is 5.69 Å². The summed E-state index contributed by atoms with van der Waals surface area (Å²) in [5.41, 5.74) is 2.45. The lowest BCUT2D eigenvalue weighted by atomic mass is 10.1. The van der Waals surface area contributed by atoms with Gasteiger partial charge in [-0.2, -0.15) is 0 Å². The molecule has 1 aromatic heterocycles. The van der Waals surface area contributed by atoms with Crippen LogP contribution in [0.15, 0.2) is 40.2 Å². The van der Waals surface area contributed by atoms with E-state index in [1.165, 1.54) is 16.1 Å². The van der Waals surface area contributed by atoms with Crippen molar-refractivity contribution >= 4 is 33.0 Å². The van der Waals surface area contributed by atoms with E-state index in [0.29, 0.717) is 6.04 Å². The van der Waals surface area contributed by atoms with Gasteiger partial charge in [-0.25, -0.2) is 0 Å². The van der Waals surface area contributed by atoms with Gasteiger partial charge in [0.25, 0.3) is 0 Å². The maximum atomic E-state index is 3.59. The molecule has 0 aliphatic carbocycles. The average molecular weight is 310 g/mol. The second-order valence-electron chi connectivity index (χ2n) is 4.08. The minimum atomic E-state index is 0.413. The fraction of sp³-hybridized carbons (Fsp3) is 0.286. The van der Waals surface area contributed by atoms with Gasteiger partial charge in [-0.05, 0) is 48.6 Å². The lowest BCUT2D eigenvalue weighted by molar-refractivity contribution is 0.764. The number of nitrogens with one attached hydrogen (secondary N) is 1. The molecule has 0 spiro atoms. The molecule has 0 saturated carbocycles. The molecule has 1 unspecified atom stereocenters. The Bertz CT molecular complexity index is 479. The fourth-order valence-corrected chi connectivity index (χ4v) is 2.91. The Kier molecular flexibility index (Phi) is 4.24. The van der Waals surface area contributed by atoms with Crippen LogP contribution in [0.2, 0.25) is 0 Å². The number of hydrogen-bond donors (Lipinski definition) is 1. The number of halogens is 1. The van der Waals surface area contributed by atoms with Crippen molar-refractivity contribution < 1.29 is 0 Å². The molecule has 0 fully saturated rings. The van der Waals surface area contributed by atoms with Gasteiger partial charge in [0.2, 0.25) is 0 Å². The van der Waals surface area contributed by atoms with Gasteiger partial charge in [-0.15, -0.1) is 11.3 Å². The lowest BCUT2D eigenvalue weighted by Gasteiger charge is -2.17. The maximum Gasteiger partial charge on any atom is 0.0603 e. The van der Waals surface area contributed by atoms with E-state index in [0.717, 1.165) is 10.9 Å². The summed E-state index contributed by atoms with van der Waals surface area (Å²) in [6.07, 6.45) is 1.09. The van der Waals surface area contributed by atoms with Crippen molar-refractivity contribution in [3.05, 3.63) is 50.6 Å². The van der Waals surface area contributed by atoms with Gasteiger partial charge in [0, 0.05) is 15.0 Å². The summed E-state index contributed by atoms with van der Waals surface area (Å²) >= 11 is 5.34. The smallest absolute Gasteiger partial charge is 0.0603 e. The molecule has 0 aliphatic rings. The molecule has 0 aliphatic heterocycles. The second kappa shape index (κ2) is 5.69. The van der Waals surface area contributed by atoms with Gasteiger partial charge in [-0.3, -0.25) is 0 Å². The maximum absolute atomic E-state index is 3.59. The molecule has 2 rings (SSSR count). The Labute approximate surface area is 115 Å². The molecule has 1 nitrogen and oxygen atoms in total. The van der Waals surface area contributed by atoms with Crippen molar-refractivity contribution in [3.63, 3.8) is 0 Å². The van der Waals surface area contributed by atoms with Crippen LogP contribution in [0.3, 0.4) is 0 Å². The molecule has 1 N–H and O–H groups in total. The summed E-state index contributed by atoms with van der Waals surface area (Å²) in [4.78, 5) is 1.40. The topological polar surface area (TPSA) is 12.0 Å². The molecule has 17 heavy (non-hydrogen) atoms. The van der Waals surface area contributed by atoms with E-state index in [9.17, 15) is 0 Å². The quantitative estimate of drug-likeness (QED) is 0.799. The SMILES string of the molecule is CCC(Nc1ccc(Br)c(C)c1)c1cccs1. The number of benzene rings is 1. The summed E-state index contributed by atoms with van der Waals surface area (Å²) in [6.45, 7) is 4.32. The van der Waals surface area contributed by atoms with Crippen LogP contribution in [-0.4, -0.2) is 0 Å². The molecule has 1 atom stereocenters. The van der Waals surface area contributed by atoms with E-state index in [-0.39, 0.29) is 0 Å². The van der Waals surface area contributed by atoms with Crippen LogP contribution < -0.4 is 5.32 Å². The highest BCUT2D eigenvalue weighted by Crippen LogP contribution is 2.28. The highest BCUT2D eigenvalue weighted by molar-refractivity contribution is 9.10. The molecule has 0 amide bonds. The van der Waals surface area contributed by atoms with Crippen molar-refractivity contribution in [1.29, 1.82) is 0 Å². The first-order valence-electron chi connectivity index (χ1n) is 5.76. The minimum Gasteiger partial charge on any atom is -0.377 e. The van der Waals surface area contributed by atoms with E-state index in [1.54, 1.807) is 0 Å². The summed E-state index contributed by atoms with van der Waals surface area (Å²) in [7, 11) is 0. The van der Waals surface area contributed by atoms with Crippen LogP contribution >= 0.6 is 27.3 Å². The summed E-state index contributed by atoms with van der Waals surface area (Å²) in [6, 6.07) is 11.1. The lowest BCUT2D eigenvalue weighted by Crippen LogP contribution is -2.08. The molecule has 0 bridgehead atoms. The van der Waals surface area contributed by atoms with Gasteiger partial charge in [-0.1, -0.05) is 28.9 Å². The Morgan fingerprint density at radius 3 is 2.76 bits per heavy atom. The summed E-state index contributed by atoms with van der Waals surface area (Å²) in [5, 5.41) is 5.72. The molecule has 3 heteroatoms. The minimum absolute atomic E-state index is 0.413. The number of hydrogen-bond acceptors (Lipinski definition) is 2. The highest BCUT2D eigenvalue weighted by Gasteiger charge is 2.10. The number of rotatable bonds is 4. The van der Waals surface area contributed by atoms with E-state index in [4.69, 9.17) is 0 Å². The van der Waals surface area contributed by atoms with Crippen molar-refractivity contribution in [2.75, 3.05) is 5.32 Å². The van der Waals surface area contributed by atoms with E-state index in [1.807, 2.05) is 11.3 Å². The van der Waals surface area contributed by atoms with Crippen LogP contribution in [0.5, 0.6) is 0 Å². The Morgan fingerprint density at radius 1 is 1.35 bits per heavy atom. The molecule has 1 heterocycles. The zero-order valence-corrected chi connectivity index (χ0v) is 12.4. The van der Waals surface area contributed by atoms with E-state index >= 15 is 0 Å². The Morgan fingerprint density at radius 2 is 2.18 bits per heavy atom. The van der Waals surface area contributed by atoms with Gasteiger partial charge < -0.3 is 5.32 Å². The largest absolute Gasteiger partial charge is 0.377 e. The van der Waals surface area contributed by atoms with Gasteiger partial charge >= 0.3 is 0 Å². The predicted octanol–water partition coefficient (Wildman–Crippen LogP) is 5.38. The standard InChI is InChI=1S/C14H16BrNS/c1-3-13(14-5-4-8-17-14)16-11-6-7-12(15)10(2)9-11/h4-9,13,16H,3H2,1-2H3. The first-order valence-corrected chi connectivity index (χ1v) is 7.44. The molecular weight excluding hydrogens is 294 g/mol. The van der Waals surface area contributed by atoms with Crippen molar-refractivity contribution in [1.82, 2.24) is 0 Å². The summed E-state index contributed by atoms with van der Waals surface area (Å²) in [5.74, 6) is 0. The first kappa shape index (κ1) is 12.7. The molecule has 0 saturated heterocycles. The summed E-state index contributed by atoms with van der Waals surface area (Å²) < 4.78 is 1.16. The Balaban J connectivity index is 2.16. The van der Waals surface area contributed by atoms with Gasteiger partial charge in [0.1, 0.15) is 0 Å². The Hall–Kier alpha value is -0.800. The third-order valence-electron chi connectivity index (χ3n) is 2.79. The van der Waals surface area contributed by atoms with Crippen LogP contribution in [0, 0.1) is 6.92 Å². The monoisotopic (exact) mass is 309 g/mol. The zero-order valence-electron chi connectivity index (χ0n) is 10.0. The van der Waals surface area contributed by atoms with Crippen molar-refractivity contribution in [2.24, 2.45) is 0 Å². The van der Waals surface area contributed by atoms with Crippen LogP contribution in [0.25, 0.3) is 0 Å². The highest BCUT2D eigenvalue weighted by atomic mass is 79.9. The predicted molar refractivity (Wildman–Crippen MR) is 79.9 cm³/mol. The van der Waals surface area contributed by atoms with E-state index < -0.39 is 0 Å². The van der Waals surface area contributed by atoms with Gasteiger partial charge in [0.05, 0.1) is 6.04 Å². The van der Waals surface area contributed by atoms with Crippen molar-refractivity contribution in [3.8, 4) is 0 Å². The number of aryl methyl sites for hydroxylation is 1. The fourth-order valence-electron chi connectivity index (χ4n) is 1.80. The third-order valence-corrected chi connectivity index (χ3v) is 4.67. The molecule has 90 valence electrons. The zero-order chi connectivity index (χ0) is 12.3. The molecule has 2 aromatic rings. The van der Waals surface area contributed by atoms with E-state index in [2.05, 4.69) is 70.8 Å². The second-order valence-corrected chi connectivity index (χ2v) is 5.92. The normalized spacial score (nSPS) is 12.4. The van der Waals surface area contributed by atoms with Crippen molar-refractivity contribution in [2.45, 2.75) is 26.3 Å². The number of thiophene rings is 1. The van der Waals surface area contributed by atoms with Gasteiger partial charge in [0.15, 0.2) is 0 Å². The van der Waals surface area contributed by atoms with Crippen LogP contribution in [0.1, 0.15) is 29.8 Å². The number of anilines is 1. The first-order chi connectivity index (χ1) is 8.20.